The van der Waals surface area contributed by atoms with Gasteiger partial charge in [0.1, 0.15) is 17.9 Å². The predicted molar refractivity (Wildman–Crippen MR) is 112 cm³/mol. The Kier molecular flexibility index (Phi) is 5.66. The molecule has 29 heavy (non-hydrogen) atoms. The lowest BCUT2D eigenvalue weighted by Gasteiger charge is -2.08. The van der Waals surface area contributed by atoms with Gasteiger partial charge in [0.05, 0.1) is 31.8 Å². The summed E-state index contributed by atoms with van der Waals surface area (Å²) in [7, 11) is 1.57. The van der Waals surface area contributed by atoms with Crippen molar-refractivity contribution < 1.29 is 9.53 Å². The van der Waals surface area contributed by atoms with E-state index in [2.05, 4.69) is 31.8 Å². The van der Waals surface area contributed by atoms with Crippen LogP contribution in [0.1, 0.15) is 15.2 Å². The summed E-state index contributed by atoms with van der Waals surface area (Å²) in [6.07, 6.45) is 3.27. The van der Waals surface area contributed by atoms with Crippen molar-refractivity contribution in [1.29, 1.82) is 0 Å². The number of ether oxygens (including phenoxy) is 1. The molecule has 9 heteroatoms. The van der Waals surface area contributed by atoms with Crippen molar-refractivity contribution in [2.45, 2.75) is 13.1 Å². The SMILES string of the molecule is COc1cccc(C(=O)NCCn2ncc3c(NCc4cccs4)ncnc32)c1. The molecule has 8 nitrogen and oxygen atoms in total. The van der Waals surface area contributed by atoms with Crippen molar-refractivity contribution in [3.63, 3.8) is 0 Å². The Hall–Kier alpha value is -3.46. The van der Waals surface area contributed by atoms with Crippen molar-refractivity contribution in [3.8, 4) is 5.75 Å². The molecule has 0 aliphatic carbocycles. The number of methoxy groups -OCH3 is 1. The maximum atomic E-state index is 12.3. The van der Waals surface area contributed by atoms with E-state index in [4.69, 9.17) is 4.74 Å². The van der Waals surface area contributed by atoms with Gasteiger partial charge < -0.3 is 15.4 Å². The fraction of sp³-hybridized carbons (Fsp3) is 0.200. The monoisotopic (exact) mass is 408 g/mol. The minimum atomic E-state index is -0.159. The van der Waals surface area contributed by atoms with Gasteiger partial charge in [-0.2, -0.15) is 5.10 Å². The Morgan fingerprint density at radius 3 is 3.00 bits per heavy atom. The summed E-state index contributed by atoms with van der Waals surface area (Å²) >= 11 is 1.69. The third-order valence-corrected chi connectivity index (χ3v) is 5.26. The van der Waals surface area contributed by atoms with Gasteiger partial charge in [0, 0.05) is 17.0 Å². The third kappa shape index (κ3) is 4.35. The number of benzene rings is 1. The van der Waals surface area contributed by atoms with E-state index in [-0.39, 0.29) is 5.91 Å². The molecular formula is C20H20N6O2S. The summed E-state index contributed by atoms with van der Waals surface area (Å²) in [5.41, 5.74) is 1.28. The number of amides is 1. The first-order chi connectivity index (χ1) is 14.2. The molecule has 4 aromatic rings. The summed E-state index contributed by atoms with van der Waals surface area (Å²) in [6.45, 7) is 1.63. The third-order valence-electron chi connectivity index (χ3n) is 4.38. The molecule has 0 saturated heterocycles. The molecule has 0 spiro atoms. The summed E-state index contributed by atoms with van der Waals surface area (Å²) in [6, 6.07) is 11.1. The highest BCUT2D eigenvalue weighted by Crippen LogP contribution is 2.20. The van der Waals surface area contributed by atoms with Crippen LogP contribution in [-0.2, 0) is 13.1 Å². The van der Waals surface area contributed by atoms with Crippen LogP contribution in [0.2, 0.25) is 0 Å². The summed E-state index contributed by atoms with van der Waals surface area (Å²) < 4.78 is 6.92. The molecule has 1 amide bonds. The quantitative estimate of drug-likeness (QED) is 0.466. The van der Waals surface area contributed by atoms with Crippen LogP contribution in [0.3, 0.4) is 0 Å². The van der Waals surface area contributed by atoms with Gasteiger partial charge in [-0.05, 0) is 29.6 Å². The zero-order valence-electron chi connectivity index (χ0n) is 15.8. The number of fused-ring (bicyclic) bond motifs is 1. The summed E-state index contributed by atoms with van der Waals surface area (Å²) in [4.78, 5) is 22.2. The molecule has 148 valence electrons. The van der Waals surface area contributed by atoms with Crippen LogP contribution in [0.15, 0.2) is 54.3 Å². The molecule has 0 aliphatic rings. The van der Waals surface area contributed by atoms with Gasteiger partial charge in [-0.3, -0.25) is 4.79 Å². The van der Waals surface area contributed by atoms with Gasteiger partial charge in [0.2, 0.25) is 0 Å². The molecule has 1 aromatic carbocycles. The number of rotatable bonds is 8. The zero-order valence-corrected chi connectivity index (χ0v) is 16.6. The Bertz CT molecular complexity index is 1110. The van der Waals surface area contributed by atoms with Crippen LogP contribution in [-0.4, -0.2) is 39.3 Å². The first-order valence-corrected chi connectivity index (χ1v) is 9.97. The minimum absolute atomic E-state index is 0.159. The van der Waals surface area contributed by atoms with Crippen LogP contribution in [0.5, 0.6) is 5.75 Å². The number of nitrogens with one attached hydrogen (secondary N) is 2. The van der Waals surface area contributed by atoms with Gasteiger partial charge in [0.15, 0.2) is 5.65 Å². The maximum absolute atomic E-state index is 12.3. The average molecular weight is 408 g/mol. The Balaban J connectivity index is 1.39. The Morgan fingerprint density at radius 2 is 2.17 bits per heavy atom. The molecule has 3 heterocycles. The van der Waals surface area contributed by atoms with E-state index in [0.29, 0.717) is 30.9 Å². The smallest absolute Gasteiger partial charge is 0.251 e. The van der Waals surface area contributed by atoms with E-state index in [9.17, 15) is 4.79 Å². The fourth-order valence-corrected chi connectivity index (χ4v) is 3.57. The number of carbonyl (C=O) groups is 1. The molecule has 0 fully saturated rings. The molecule has 0 saturated carbocycles. The van der Waals surface area contributed by atoms with E-state index in [1.807, 2.05) is 11.4 Å². The number of aromatic nitrogens is 4. The highest BCUT2D eigenvalue weighted by molar-refractivity contribution is 7.09. The lowest BCUT2D eigenvalue weighted by molar-refractivity contribution is 0.0951. The van der Waals surface area contributed by atoms with Gasteiger partial charge in [-0.1, -0.05) is 12.1 Å². The number of thiophene rings is 1. The molecule has 0 atom stereocenters. The molecule has 0 unspecified atom stereocenters. The van der Waals surface area contributed by atoms with Gasteiger partial charge in [-0.15, -0.1) is 11.3 Å². The van der Waals surface area contributed by atoms with E-state index in [1.54, 1.807) is 53.6 Å². The van der Waals surface area contributed by atoms with E-state index in [1.165, 1.54) is 11.2 Å². The van der Waals surface area contributed by atoms with Crippen LogP contribution < -0.4 is 15.4 Å². The minimum Gasteiger partial charge on any atom is -0.497 e. The van der Waals surface area contributed by atoms with Crippen molar-refractivity contribution in [1.82, 2.24) is 25.1 Å². The highest BCUT2D eigenvalue weighted by Gasteiger charge is 2.11. The molecule has 0 aliphatic heterocycles. The second-order valence-electron chi connectivity index (χ2n) is 6.25. The number of anilines is 1. The van der Waals surface area contributed by atoms with E-state index < -0.39 is 0 Å². The summed E-state index contributed by atoms with van der Waals surface area (Å²) in [5, 5.41) is 13.5. The standard InChI is InChI=1S/C20H20N6O2S/c1-28-15-5-2-4-14(10-15)20(27)21-7-8-26-19-17(12-25-26)18(23-13-24-19)22-11-16-6-3-9-29-16/h2-6,9-10,12-13H,7-8,11H2,1H3,(H,21,27)(H,22,23,24). The molecular weight excluding hydrogens is 388 g/mol. The average Bonchev–Trinajstić information content (AvgIpc) is 3.42. The first kappa shape index (κ1) is 18.9. The van der Waals surface area contributed by atoms with Crippen molar-refractivity contribution in [3.05, 3.63) is 64.7 Å². The fourth-order valence-electron chi connectivity index (χ4n) is 2.92. The molecule has 2 N–H and O–H groups in total. The second kappa shape index (κ2) is 8.70. The lowest BCUT2D eigenvalue weighted by atomic mass is 10.2. The van der Waals surface area contributed by atoms with Gasteiger partial charge in [-0.25, -0.2) is 14.6 Å². The van der Waals surface area contributed by atoms with Crippen LogP contribution in [0, 0.1) is 0 Å². The maximum Gasteiger partial charge on any atom is 0.251 e. The van der Waals surface area contributed by atoms with Crippen LogP contribution in [0.25, 0.3) is 11.0 Å². The molecule has 3 aromatic heterocycles. The number of hydrogen-bond acceptors (Lipinski definition) is 7. The van der Waals surface area contributed by atoms with Crippen LogP contribution >= 0.6 is 11.3 Å². The van der Waals surface area contributed by atoms with Gasteiger partial charge in [0.25, 0.3) is 5.91 Å². The summed E-state index contributed by atoms with van der Waals surface area (Å²) in [5.74, 6) is 1.23. The normalized spacial score (nSPS) is 10.8. The number of nitrogens with zero attached hydrogens (tertiary/aromatic N) is 4. The first-order valence-electron chi connectivity index (χ1n) is 9.09. The molecule has 0 bridgehead atoms. The van der Waals surface area contributed by atoms with E-state index in [0.717, 1.165) is 16.9 Å². The zero-order chi connectivity index (χ0) is 20.1. The van der Waals surface area contributed by atoms with Crippen LogP contribution in [0.4, 0.5) is 5.82 Å². The highest BCUT2D eigenvalue weighted by atomic mass is 32.1. The lowest BCUT2D eigenvalue weighted by Crippen LogP contribution is -2.27. The second-order valence-corrected chi connectivity index (χ2v) is 7.28. The molecule has 0 radical (unpaired) electrons. The predicted octanol–water partition coefficient (Wildman–Crippen LogP) is 2.94. The molecule has 4 rings (SSSR count). The Labute approximate surface area is 171 Å². The Morgan fingerprint density at radius 1 is 1.24 bits per heavy atom. The van der Waals surface area contributed by atoms with Crippen molar-refractivity contribution >= 4 is 34.1 Å². The van der Waals surface area contributed by atoms with Crippen molar-refractivity contribution in [2.75, 3.05) is 19.0 Å². The number of carbonyl (C=O) groups excluding carboxylic acids is 1. The topological polar surface area (TPSA) is 94.0 Å². The van der Waals surface area contributed by atoms with Crippen molar-refractivity contribution in [2.24, 2.45) is 0 Å². The van der Waals surface area contributed by atoms with E-state index >= 15 is 0 Å². The largest absolute Gasteiger partial charge is 0.497 e. The number of hydrogen-bond donors (Lipinski definition) is 2. The van der Waals surface area contributed by atoms with Gasteiger partial charge >= 0.3 is 0 Å².